The van der Waals surface area contributed by atoms with Crippen molar-refractivity contribution in [3.63, 3.8) is 0 Å². The highest BCUT2D eigenvalue weighted by atomic mass is 35.5. The first-order chi connectivity index (χ1) is 10.4. The summed E-state index contributed by atoms with van der Waals surface area (Å²) in [6.07, 6.45) is 1.70. The van der Waals surface area contributed by atoms with Gasteiger partial charge in [0.25, 0.3) is 0 Å². The molecule has 2 aromatic carbocycles. The van der Waals surface area contributed by atoms with Crippen LogP contribution in [-0.2, 0) is 0 Å². The summed E-state index contributed by atoms with van der Waals surface area (Å²) in [5.41, 5.74) is 3.02. The van der Waals surface area contributed by atoms with Crippen molar-refractivity contribution < 1.29 is 4.39 Å². The number of halogens is 2. The van der Waals surface area contributed by atoms with E-state index in [4.69, 9.17) is 11.6 Å². The van der Waals surface area contributed by atoms with Crippen molar-refractivity contribution in [1.82, 2.24) is 4.90 Å². The number of para-hydroxylation sites is 1. The van der Waals surface area contributed by atoms with Crippen molar-refractivity contribution in [3.05, 3.63) is 52.8 Å². The Kier molecular flexibility index (Phi) is 5.03. The monoisotopic (exact) mass is 319 g/mol. The smallest absolute Gasteiger partial charge is 0.146 e. The molecule has 0 bridgehead atoms. The molecule has 0 spiro atoms. The Morgan fingerprint density at radius 2 is 1.77 bits per heavy atom. The molecular weight excluding hydrogens is 301 g/mol. The van der Waals surface area contributed by atoms with E-state index in [2.05, 4.69) is 4.99 Å². The maximum atomic E-state index is 13.9. The van der Waals surface area contributed by atoms with Gasteiger partial charge < -0.3 is 9.80 Å². The van der Waals surface area contributed by atoms with Gasteiger partial charge in [0.15, 0.2) is 0 Å². The number of nitrogens with zero attached hydrogens (tertiary/aromatic N) is 3. The summed E-state index contributed by atoms with van der Waals surface area (Å²) in [7, 11) is 5.61. The maximum absolute atomic E-state index is 13.9. The first-order valence-electron chi connectivity index (χ1n) is 6.89. The Morgan fingerprint density at radius 1 is 1.09 bits per heavy atom. The summed E-state index contributed by atoms with van der Waals surface area (Å²) in [4.78, 5) is 7.96. The Balaban J connectivity index is 2.41. The van der Waals surface area contributed by atoms with Crippen LogP contribution < -0.4 is 4.90 Å². The fourth-order valence-corrected chi connectivity index (χ4v) is 2.35. The van der Waals surface area contributed by atoms with Crippen LogP contribution >= 0.6 is 11.6 Å². The predicted octanol–water partition coefficient (Wildman–Crippen LogP) is 4.78. The number of aryl methyl sites for hydroxylation is 1. The summed E-state index contributed by atoms with van der Waals surface area (Å²) in [6.45, 7) is 1.96. The van der Waals surface area contributed by atoms with Gasteiger partial charge in [0.2, 0.25) is 0 Å². The molecule has 0 N–H and O–H groups in total. The van der Waals surface area contributed by atoms with Crippen molar-refractivity contribution in [2.75, 3.05) is 26.0 Å². The van der Waals surface area contributed by atoms with E-state index in [-0.39, 0.29) is 5.82 Å². The molecule has 0 aliphatic heterocycles. The van der Waals surface area contributed by atoms with Gasteiger partial charge in [-0.15, -0.1) is 0 Å². The van der Waals surface area contributed by atoms with Crippen LogP contribution in [0.15, 0.2) is 41.4 Å². The highest BCUT2D eigenvalue weighted by molar-refractivity contribution is 6.33. The Labute approximate surface area is 135 Å². The summed E-state index contributed by atoms with van der Waals surface area (Å²) in [5, 5.41) is 0.530. The van der Waals surface area contributed by atoms with Crippen LogP contribution in [0.5, 0.6) is 0 Å². The largest absolute Gasteiger partial charge is 0.369 e. The Hall–Kier alpha value is -2.07. The van der Waals surface area contributed by atoms with Gasteiger partial charge in [-0.25, -0.2) is 9.38 Å². The van der Waals surface area contributed by atoms with E-state index in [0.717, 1.165) is 11.3 Å². The molecule has 0 heterocycles. The first-order valence-corrected chi connectivity index (χ1v) is 7.27. The molecule has 3 nitrogen and oxygen atoms in total. The van der Waals surface area contributed by atoms with Gasteiger partial charge in [-0.2, -0.15) is 0 Å². The van der Waals surface area contributed by atoms with Crippen LogP contribution in [0.25, 0.3) is 0 Å². The van der Waals surface area contributed by atoms with Crippen LogP contribution in [0.2, 0.25) is 5.02 Å². The van der Waals surface area contributed by atoms with E-state index in [1.165, 1.54) is 6.07 Å². The van der Waals surface area contributed by atoms with E-state index in [0.29, 0.717) is 16.4 Å². The molecule has 2 aromatic rings. The minimum Gasteiger partial charge on any atom is -0.369 e. The lowest BCUT2D eigenvalue weighted by Crippen LogP contribution is -2.12. The predicted molar refractivity (Wildman–Crippen MR) is 92.5 cm³/mol. The second-order valence-corrected chi connectivity index (χ2v) is 5.72. The quantitative estimate of drug-likeness (QED) is 0.596. The van der Waals surface area contributed by atoms with E-state index < -0.39 is 0 Å². The number of benzene rings is 2. The van der Waals surface area contributed by atoms with Gasteiger partial charge in [-0.1, -0.05) is 23.7 Å². The molecule has 116 valence electrons. The van der Waals surface area contributed by atoms with Gasteiger partial charge in [0, 0.05) is 26.8 Å². The van der Waals surface area contributed by atoms with Crippen LogP contribution in [0.3, 0.4) is 0 Å². The standard InChI is InChI=1S/C17H19ClFN3/c1-12-9-15(20-11-21(2)3)13(18)10-17(12)22(4)16-8-6-5-7-14(16)19/h5-11H,1-4H3. The van der Waals surface area contributed by atoms with Gasteiger partial charge in [0.1, 0.15) is 5.82 Å². The normalized spacial score (nSPS) is 11.0. The van der Waals surface area contributed by atoms with Gasteiger partial charge in [-0.3, -0.25) is 0 Å². The summed E-state index contributed by atoms with van der Waals surface area (Å²) >= 11 is 6.30. The average Bonchev–Trinajstić information content (AvgIpc) is 2.47. The zero-order valence-electron chi connectivity index (χ0n) is 13.1. The molecule has 0 saturated heterocycles. The maximum Gasteiger partial charge on any atom is 0.146 e. The molecule has 5 heteroatoms. The third-order valence-corrected chi connectivity index (χ3v) is 3.57. The van der Waals surface area contributed by atoms with E-state index in [9.17, 15) is 4.39 Å². The van der Waals surface area contributed by atoms with Crippen molar-refractivity contribution in [2.45, 2.75) is 6.92 Å². The molecule has 0 fully saturated rings. The van der Waals surface area contributed by atoms with Gasteiger partial charge >= 0.3 is 0 Å². The first kappa shape index (κ1) is 16.3. The topological polar surface area (TPSA) is 18.8 Å². The van der Waals surface area contributed by atoms with Crippen LogP contribution in [0.1, 0.15) is 5.56 Å². The second kappa shape index (κ2) is 6.79. The fourth-order valence-electron chi connectivity index (χ4n) is 2.15. The van der Waals surface area contributed by atoms with Crippen LogP contribution in [0, 0.1) is 12.7 Å². The van der Waals surface area contributed by atoms with E-state index in [1.807, 2.05) is 51.2 Å². The van der Waals surface area contributed by atoms with E-state index >= 15 is 0 Å². The number of hydrogen-bond acceptors (Lipinski definition) is 2. The summed E-state index contributed by atoms with van der Waals surface area (Å²) < 4.78 is 13.9. The number of anilines is 2. The molecule has 0 aliphatic carbocycles. The minimum absolute atomic E-state index is 0.268. The fraction of sp³-hybridized carbons (Fsp3) is 0.235. The zero-order chi connectivity index (χ0) is 16.3. The lowest BCUT2D eigenvalue weighted by atomic mass is 10.1. The Morgan fingerprint density at radius 3 is 2.41 bits per heavy atom. The van der Waals surface area contributed by atoms with Crippen molar-refractivity contribution in [3.8, 4) is 0 Å². The van der Waals surface area contributed by atoms with Gasteiger partial charge in [-0.05, 0) is 36.8 Å². The highest BCUT2D eigenvalue weighted by Gasteiger charge is 2.13. The van der Waals surface area contributed by atoms with Gasteiger partial charge in [0.05, 0.1) is 22.7 Å². The number of rotatable bonds is 4. The number of hydrogen-bond donors (Lipinski definition) is 0. The summed E-state index contributed by atoms with van der Waals surface area (Å²) in [5.74, 6) is -0.268. The average molecular weight is 320 g/mol. The molecule has 22 heavy (non-hydrogen) atoms. The lowest BCUT2D eigenvalue weighted by molar-refractivity contribution is 0.627. The van der Waals surface area contributed by atoms with Crippen LogP contribution in [0.4, 0.5) is 21.5 Å². The third-order valence-electron chi connectivity index (χ3n) is 3.27. The lowest BCUT2D eigenvalue weighted by Gasteiger charge is -2.23. The third kappa shape index (κ3) is 3.57. The highest BCUT2D eigenvalue weighted by Crippen LogP contribution is 2.35. The minimum atomic E-state index is -0.268. The molecule has 0 saturated carbocycles. The molecule has 0 atom stereocenters. The zero-order valence-corrected chi connectivity index (χ0v) is 13.9. The van der Waals surface area contributed by atoms with Crippen molar-refractivity contribution in [1.29, 1.82) is 0 Å². The molecular formula is C17H19ClFN3. The molecule has 0 unspecified atom stereocenters. The SMILES string of the molecule is Cc1cc(N=CN(C)C)c(Cl)cc1N(C)c1ccccc1F. The molecule has 2 rings (SSSR count). The van der Waals surface area contributed by atoms with E-state index in [1.54, 1.807) is 23.4 Å². The molecule has 0 aromatic heterocycles. The van der Waals surface area contributed by atoms with Crippen molar-refractivity contribution >= 4 is 35.0 Å². The summed E-state index contributed by atoms with van der Waals surface area (Å²) in [6, 6.07) is 10.4. The number of aliphatic imine (C=N–C) groups is 1. The second-order valence-electron chi connectivity index (χ2n) is 5.31. The molecule has 0 amide bonds. The Bertz CT molecular complexity index is 698. The van der Waals surface area contributed by atoms with Crippen LogP contribution in [-0.4, -0.2) is 32.4 Å². The molecule has 0 radical (unpaired) electrons. The van der Waals surface area contributed by atoms with Crippen molar-refractivity contribution in [2.24, 2.45) is 4.99 Å². The molecule has 0 aliphatic rings.